The molecule has 47 heavy (non-hydrogen) atoms. The number of amides is 3. The van der Waals surface area contributed by atoms with Crippen LogP contribution in [0, 0.1) is 0 Å². The molecule has 2 aliphatic heterocycles. The molecule has 3 amide bonds. The predicted octanol–water partition coefficient (Wildman–Crippen LogP) is -1.52. The summed E-state index contributed by atoms with van der Waals surface area (Å²) in [5.41, 5.74) is 5.76. The average Bonchev–Trinajstić information content (AvgIpc) is 3.52. The molecule has 6 atom stereocenters. The number of hydrogen-bond acceptors (Lipinski definition) is 15. The van der Waals surface area contributed by atoms with Crippen LogP contribution in [0.15, 0.2) is 22.9 Å². The van der Waals surface area contributed by atoms with E-state index in [2.05, 4.69) is 46.4 Å². The monoisotopic (exact) mass is 679 g/mol. The Labute approximate surface area is 273 Å². The van der Waals surface area contributed by atoms with Crippen LogP contribution in [0.1, 0.15) is 45.3 Å². The number of aliphatic carboxylic acids is 1. The highest BCUT2D eigenvalue weighted by Gasteiger charge is 2.44. The smallest absolute Gasteiger partial charge is 0.320 e. The minimum Gasteiger partial charge on any atom is -0.480 e. The maximum Gasteiger partial charge on any atom is 0.320 e. The number of nitrogens with one attached hydrogen (secondary N) is 4. The van der Waals surface area contributed by atoms with Crippen molar-refractivity contribution in [3.8, 4) is 0 Å². The molecule has 19 nitrogen and oxygen atoms in total. The molecule has 0 saturated carbocycles. The highest BCUT2D eigenvalue weighted by atomic mass is 32.2. The summed E-state index contributed by atoms with van der Waals surface area (Å²) in [5.74, 6) is -1.15. The molecule has 0 radical (unpaired) electrons. The van der Waals surface area contributed by atoms with E-state index >= 15 is 0 Å². The molecular weight excluding hydrogens is 638 g/mol. The first-order valence-corrected chi connectivity index (χ1v) is 16.3. The zero-order valence-corrected chi connectivity index (χ0v) is 26.9. The van der Waals surface area contributed by atoms with Gasteiger partial charge < -0.3 is 47.1 Å². The summed E-state index contributed by atoms with van der Waals surface area (Å²) in [6, 6.07) is -1.99. The topological polar surface area (TPSA) is 281 Å². The largest absolute Gasteiger partial charge is 0.480 e. The number of aromatic nitrogens is 4. The van der Waals surface area contributed by atoms with E-state index in [0.717, 1.165) is 0 Å². The number of anilines is 1. The Kier molecular flexibility index (Phi) is 12.4. The first kappa shape index (κ1) is 35.9. The molecule has 0 bridgehead atoms. The fourth-order valence-electron chi connectivity index (χ4n) is 4.76. The third kappa shape index (κ3) is 9.76. The van der Waals surface area contributed by atoms with Crippen LogP contribution in [0.25, 0.3) is 11.2 Å². The molecule has 2 aromatic heterocycles. The number of nitrogens with zero attached hydrogens (tertiary/aromatic N) is 6. The van der Waals surface area contributed by atoms with Crippen LogP contribution in [-0.2, 0) is 23.9 Å². The van der Waals surface area contributed by atoms with Crippen LogP contribution in [0.4, 0.5) is 5.82 Å². The van der Waals surface area contributed by atoms with Gasteiger partial charge in [0.2, 0.25) is 17.7 Å². The Balaban J connectivity index is 1.22. The number of aliphatic hydroxyl groups is 2. The van der Waals surface area contributed by atoms with E-state index in [-0.39, 0.29) is 31.7 Å². The van der Waals surface area contributed by atoms with E-state index in [9.17, 15) is 29.4 Å². The highest BCUT2D eigenvalue weighted by molar-refractivity contribution is 7.99. The van der Waals surface area contributed by atoms with Crippen LogP contribution < -0.4 is 27.0 Å². The van der Waals surface area contributed by atoms with E-state index in [0.29, 0.717) is 47.9 Å². The Hall–Kier alpha value is -3.98. The van der Waals surface area contributed by atoms with Gasteiger partial charge in [0, 0.05) is 38.7 Å². The first-order valence-electron chi connectivity index (χ1n) is 15.1. The number of imidazole rings is 1. The second-order valence-corrected chi connectivity index (χ2v) is 12.5. The molecule has 4 heterocycles. The van der Waals surface area contributed by atoms with Crippen molar-refractivity contribution in [3.05, 3.63) is 12.7 Å². The van der Waals surface area contributed by atoms with Crippen molar-refractivity contribution < 1.29 is 39.2 Å². The number of hydrogen-bond donors (Lipinski definition) is 8. The molecule has 9 N–H and O–H groups in total. The summed E-state index contributed by atoms with van der Waals surface area (Å²) in [6.07, 6.45) is -0.280. The lowest BCUT2D eigenvalue weighted by molar-refractivity contribution is -0.138. The summed E-state index contributed by atoms with van der Waals surface area (Å²) in [6.45, 7) is 2.48. The number of carboxylic acids is 1. The fraction of sp³-hybridized carbons (Fsp3) is 0.667. The molecular formula is C27H41N11O8S. The molecule has 2 aromatic rings. The first-order chi connectivity index (χ1) is 22.4. The summed E-state index contributed by atoms with van der Waals surface area (Å²) < 4.78 is 7.46. The number of ether oxygens (including phenoxy) is 1. The minimum absolute atomic E-state index is 0.127. The molecule has 5 unspecified atom stereocenters. The Morgan fingerprint density at radius 3 is 2.60 bits per heavy atom. The number of rotatable bonds is 19. The van der Waals surface area contributed by atoms with Gasteiger partial charge in [0.25, 0.3) is 0 Å². The van der Waals surface area contributed by atoms with E-state index in [4.69, 9.17) is 15.6 Å². The summed E-state index contributed by atoms with van der Waals surface area (Å²) in [4.78, 5) is 60.8. The van der Waals surface area contributed by atoms with E-state index in [1.807, 2.05) is 0 Å². The molecule has 1 saturated heterocycles. The number of carbonyl (C=O) groups is 4. The van der Waals surface area contributed by atoms with Crippen LogP contribution in [-0.4, -0.2) is 126 Å². The molecule has 4 rings (SSSR count). The molecule has 2 aliphatic rings. The SMILES string of the molecule is CNC(=O)C(CC(=O)NCCCNc1ncnc2c1ncn2C1OC(CSCC[C@H](N)C(=O)O)C(O)C1O)NC(=O)CCC1(C)N=N1. The second-order valence-electron chi connectivity index (χ2n) is 11.4. The van der Waals surface area contributed by atoms with E-state index in [1.54, 1.807) is 6.92 Å². The lowest BCUT2D eigenvalue weighted by atomic mass is 10.1. The molecule has 0 aromatic carbocycles. The van der Waals surface area contributed by atoms with Gasteiger partial charge in [-0.3, -0.25) is 23.7 Å². The van der Waals surface area contributed by atoms with Crippen molar-refractivity contribution in [3.63, 3.8) is 0 Å². The van der Waals surface area contributed by atoms with Crippen molar-refractivity contribution in [2.75, 3.05) is 37.0 Å². The number of nitrogens with two attached hydrogens (primary N) is 1. The highest BCUT2D eigenvalue weighted by Crippen LogP contribution is 2.34. The van der Waals surface area contributed by atoms with Crippen LogP contribution in [0.5, 0.6) is 0 Å². The maximum absolute atomic E-state index is 12.5. The van der Waals surface area contributed by atoms with Gasteiger partial charge in [0.15, 0.2) is 28.9 Å². The number of likely N-dealkylation sites (N-methyl/N-ethyl adjacent to an activating group) is 1. The van der Waals surface area contributed by atoms with Crippen molar-refractivity contribution in [2.45, 2.75) is 81.3 Å². The summed E-state index contributed by atoms with van der Waals surface area (Å²) >= 11 is 1.37. The average molecular weight is 680 g/mol. The van der Waals surface area contributed by atoms with Crippen molar-refractivity contribution in [2.24, 2.45) is 16.0 Å². The fourth-order valence-corrected chi connectivity index (χ4v) is 5.86. The van der Waals surface area contributed by atoms with Crippen LogP contribution in [0.3, 0.4) is 0 Å². The van der Waals surface area contributed by atoms with Crippen LogP contribution >= 0.6 is 11.8 Å². The van der Waals surface area contributed by atoms with Gasteiger partial charge in [-0.2, -0.15) is 22.0 Å². The quantitative estimate of drug-likeness (QED) is 0.0784. The van der Waals surface area contributed by atoms with Gasteiger partial charge in [-0.25, -0.2) is 15.0 Å². The van der Waals surface area contributed by atoms with Crippen molar-refractivity contribution >= 4 is 52.4 Å². The zero-order valence-electron chi connectivity index (χ0n) is 26.0. The standard InChI is InChI=1S/C27H41N11O8S/c1-27(36-37-27)6-4-17(39)35-15(24(43)29-2)10-18(40)30-7-3-8-31-22-19-23(33-12-32-22)38(13-34-19)25-21(42)20(41)16(46-25)11-47-9-5-14(28)26(44)45/h12-16,20-21,25,41-42H,3-11,28H2,1-2H3,(H,29,43)(H,30,40)(H,35,39)(H,44,45)(H,31,32,33)/t14-,15?,16?,20?,21?,25?/m0/s1. The minimum atomic E-state index is -1.26. The van der Waals surface area contributed by atoms with Crippen LogP contribution in [0.2, 0.25) is 0 Å². The van der Waals surface area contributed by atoms with E-state index < -0.39 is 60.1 Å². The third-order valence-electron chi connectivity index (χ3n) is 7.67. The number of thioether (sulfide) groups is 1. The van der Waals surface area contributed by atoms with Gasteiger partial charge >= 0.3 is 5.97 Å². The van der Waals surface area contributed by atoms with Gasteiger partial charge in [0.1, 0.15) is 30.6 Å². The summed E-state index contributed by atoms with van der Waals surface area (Å²) in [5, 5.41) is 48.9. The Morgan fingerprint density at radius 1 is 1.13 bits per heavy atom. The van der Waals surface area contributed by atoms with Gasteiger partial charge in [-0.05, 0) is 25.5 Å². The molecule has 0 spiro atoms. The number of carbonyl (C=O) groups excluding carboxylic acids is 3. The second kappa shape index (κ2) is 16.2. The molecule has 1 fully saturated rings. The normalized spacial score (nSPS) is 22.4. The molecule has 0 aliphatic carbocycles. The third-order valence-corrected chi connectivity index (χ3v) is 8.75. The Bertz CT molecular complexity index is 1450. The van der Waals surface area contributed by atoms with Crippen molar-refractivity contribution in [1.29, 1.82) is 0 Å². The molecule has 20 heteroatoms. The van der Waals surface area contributed by atoms with Gasteiger partial charge in [-0.15, -0.1) is 0 Å². The van der Waals surface area contributed by atoms with Gasteiger partial charge in [0.05, 0.1) is 18.9 Å². The van der Waals surface area contributed by atoms with Crippen molar-refractivity contribution in [1.82, 2.24) is 35.5 Å². The molecule has 258 valence electrons. The zero-order chi connectivity index (χ0) is 34.1. The number of aliphatic hydroxyl groups excluding tert-OH is 2. The maximum atomic E-state index is 12.5. The van der Waals surface area contributed by atoms with E-state index in [1.165, 1.54) is 36.0 Å². The Morgan fingerprint density at radius 2 is 1.89 bits per heavy atom. The number of carboxylic acid groups (broad SMARTS) is 1. The lowest BCUT2D eigenvalue weighted by Gasteiger charge is -2.17. The number of fused-ring (bicyclic) bond motifs is 1. The summed E-state index contributed by atoms with van der Waals surface area (Å²) in [7, 11) is 1.43. The van der Waals surface area contributed by atoms with Gasteiger partial charge in [-0.1, -0.05) is 0 Å². The lowest BCUT2D eigenvalue weighted by Crippen LogP contribution is -2.48. The predicted molar refractivity (Wildman–Crippen MR) is 168 cm³/mol.